The number of rotatable bonds is 3. The van der Waals surface area contributed by atoms with Crippen LogP contribution in [0.4, 0.5) is 0 Å². The second-order valence-corrected chi connectivity index (χ2v) is 6.27. The zero-order chi connectivity index (χ0) is 13.9. The van der Waals surface area contributed by atoms with E-state index >= 15 is 0 Å². The van der Waals surface area contributed by atoms with Gasteiger partial charge in [0.05, 0.1) is 11.8 Å². The van der Waals surface area contributed by atoms with Crippen LogP contribution in [0.1, 0.15) is 64.7 Å². The molecule has 0 aliphatic heterocycles. The van der Waals surface area contributed by atoms with E-state index in [-0.39, 0.29) is 11.6 Å². The van der Waals surface area contributed by atoms with Gasteiger partial charge in [0.1, 0.15) is 5.60 Å². The molecular formula is C15H24O4. The van der Waals surface area contributed by atoms with Crippen LogP contribution >= 0.6 is 0 Å². The highest BCUT2D eigenvalue weighted by Crippen LogP contribution is 2.36. The van der Waals surface area contributed by atoms with E-state index in [1.54, 1.807) is 0 Å². The van der Waals surface area contributed by atoms with Crippen molar-refractivity contribution in [1.82, 2.24) is 0 Å². The summed E-state index contributed by atoms with van der Waals surface area (Å²) in [5, 5.41) is 9.22. The van der Waals surface area contributed by atoms with Crippen LogP contribution in [-0.2, 0) is 14.3 Å². The van der Waals surface area contributed by atoms with Gasteiger partial charge in [0.15, 0.2) is 0 Å². The standard InChI is InChI=1S/C15H24O4/c1-15(9-5-2-6-10-15)19-14(18)12-8-4-3-7-11(12)13(16)17/h11-12H,2-10H2,1H3,(H,16,17). The third-order valence-electron chi connectivity index (χ3n) is 4.64. The quantitative estimate of drug-likeness (QED) is 0.799. The normalized spacial score (nSPS) is 30.6. The van der Waals surface area contributed by atoms with Crippen molar-refractivity contribution in [2.24, 2.45) is 11.8 Å². The van der Waals surface area contributed by atoms with Gasteiger partial charge in [0, 0.05) is 0 Å². The summed E-state index contributed by atoms with van der Waals surface area (Å²) in [6, 6.07) is 0. The van der Waals surface area contributed by atoms with Crippen molar-refractivity contribution in [2.45, 2.75) is 70.3 Å². The molecule has 2 aliphatic carbocycles. The molecule has 0 aromatic carbocycles. The van der Waals surface area contributed by atoms with Crippen molar-refractivity contribution in [2.75, 3.05) is 0 Å². The van der Waals surface area contributed by atoms with Gasteiger partial charge in [-0.25, -0.2) is 0 Å². The number of carbonyl (C=O) groups excluding carboxylic acids is 1. The lowest BCUT2D eigenvalue weighted by molar-refractivity contribution is -0.173. The summed E-state index contributed by atoms with van der Waals surface area (Å²) in [6.45, 7) is 1.99. The Bertz CT molecular complexity index is 344. The van der Waals surface area contributed by atoms with Crippen molar-refractivity contribution < 1.29 is 19.4 Å². The van der Waals surface area contributed by atoms with Crippen LogP contribution in [0.3, 0.4) is 0 Å². The van der Waals surface area contributed by atoms with Crippen molar-refractivity contribution in [1.29, 1.82) is 0 Å². The van der Waals surface area contributed by atoms with E-state index in [9.17, 15) is 14.7 Å². The molecule has 0 amide bonds. The maximum atomic E-state index is 12.3. The Labute approximate surface area is 114 Å². The first-order valence-corrected chi connectivity index (χ1v) is 7.47. The molecule has 2 fully saturated rings. The van der Waals surface area contributed by atoms with Crippen LogP contribution in [0.2, 0.25) is 0 Å². The van der Waals surface area contributed by atoms with Gasteiger partial charge in [0.25, 0.3) is 0 Å². The molecule has 2 saturated carbocycles. The molecule has 2 atom stereocenters. The molecule has 0 spiro atoms. The minimum Gasteiger partial charge on any atom is -0.481 e. The molecule has 2 unspecified atom stereocenters. The minimum absolute atomic E-state index is 0.281. The Morgan fingerprint density at radius 3 is 2.16 bits per heavy atom. The van der Waals surface area contributed by atoms with Crippen molar-refractivity contribution in [3.8, 4) is 0 Å². The number of hydrogen-bond acceptors (Lipinski definition) is 3. The molecule has 0 aromatic rings. The molecule has 0 bridgehead atoms. The average molecular weight is 268 g/mol. The zero-order valence-electron chi connectivity index (χ0n) is 11.7. The second-order valence-electron chi connectivity index (χ2n) is 6.27. The molecule has 2 aliphatic rings. The van der Waals surface area contributed by atoms with Crippen LogP contribution in [-0.4, -0.2) is 22.6 Å². The summed E-state index contributed by atoms with van der Waals surface area (Å²) in [7, 11) is 0. The SMILES string of the molecule is CC1(OC(=O)C2CCCCC2C(=O)O)CCCCC1. The maximum Gasteiger partial charge on any atom is 0.310 e. The van der Waals surface area contributed by atoms with Gasteiger partial charge in [-0.2, -0.15) is 0 Å². The van der Waals surface area contributed by atoms with Gasteiger partial charge < -0.3 is 9.84 Å². The highest BCUT2D eigenvalue weighted by Gasteiger charge is 2.40. The number of carbonyl (C=O) groups is 2. The van der Waals surface area contributed by atoms with Gasteiger partial charge in [-0.1, -0.05) is 19.3 Å². The second kappa shape index (κ2) is 5.93. The summed E-state index contributed by atoms with van der Waals surface area (Å²) in [4.78, 5) is 23.5. The Kier molecular flexibility index (Phi) is 4.48. The molecule has 0 saturated heterocycles. The van der Waals surface area contributed by atoms with Crippen LogP contribution < -0.4 is 0 Å². The average Bonchev–Trinajstić information content (AvgIpc) is 2.39. The van der Waals surface area contributed by atoms with E-state index in [4.69, 9.17) is 4.74 Å². The Morgan fingerprint density at radius 2 is 1.58 bits per heavy atom. The first-order chi connectivity index (χ1) is 9.02. The molecule has 1 N–H and O–H groups in total. The number of aliphatic carboxylic acids is 1. The Balaban J connectivity index is 1.99. The van der Waals surface area contributed by atoms with Crippen LogP contribution in [0, 0.1) is 11.8 Å². The maximum absolute atomic E-state index is 12.3. The molecular weight excluding hydrogens is 244 g/mol. The van der Waals surface area contributed by atoms with E-state index in [2.05, 4.69) is 0 Å². The fourth-order valence-corrected chi connectivity index (χ4v) is 3.43. The van der Waals surface area contributed by atoms with Crippen molar-refractivity contribution in [3.63, 3.8) is 0 Å². The third kappa shape index (κ3) is 3.48. The number of carboxylic acids is 1. The van der Waals surface area contributed by atoms with Crippen molar-refractivity contribution in [3.05, 3.63) is 0 Å². The van der Waals surface area contributed by atoms with E-state index in [0.29, 0.717) is 12.8 Å². The molecule has 19 heavy (non-hydrogen) atoms. The summed E-state index contributed by atoms with van der Waals surface area (Å²) in [6.07, 6.45) is 8.30. The fourth-order valence-electron chi connectivity index (χ4n) is 3.43. The van der Waals surface area contributed by atoms with Gasteiger partial charge in [-0.15, -0.1) is 0 Å². The number of carboxylic acid groups (broad SMARTS) is 1. The number of hydrogen-bond donors (Lipinski definition) is 1. The lowest BCUT2D eigenvalue weighted by Gasteiger charge is -2.36. The van der Waals surface area contributed by atoms with Gasteiger partial charge >= 0.3 is 11.9 Å². The summed E-state index contributed by atoms with van der Waals surface area (Å²) in [5.41, 5.74) is -0.365. The molecule has 0 aromatic heterocycles. The molecule has 0 heterocycles. The molecule has 4 heteroatoms. The molecule has 108 valence electrons. The third-order valence-corrected chi connectivity index (χ3v) is 4.64. The van der Waals surface area contributed by atoms with Gasteiger partial charge in [-0.05, 0) is 45.4 Å². The first kappa shape index (κ1) is 14.4. The number of ether oxygens (including phenoxy) is 1. The fraction of sp³-hybridized carbons (Fsp3) is 0.867. The van der Waals surface area contributed by atoms with Crippen LogP contribution in [0.5, 0.6) is 0 Å². The predicted octanol–water partition coefficient (Wildman–Crippen LogP) is 3.14. The van der Waals surface area contributed by atoms with E-state index < -0.39 is 17.8 Å². The lowest BCUT2D eigenvalue weighted by atomic mass is 9.79. The van der Waals surface area contributed by atoms with E-state index in [0.717, 1.165) is 38.5 Å². The summed E-state index contributed by atoms with van der Waals surface area (Å²) >= 11 is 0. The van der Waals surface area contributed by atoms with Crippen LogP contribution in [0.15, 0.2) is 0 Å². The smallest absolute Gasteiger partial charge is 0.310 e. The summed E-state index contributed by atoms with van der Waals surface area (Å²) < 4.78 is 5.70. The molecule has 2 rings (SSSR count). The number of esters is 1. The lowest BCUT2D eigenvalue weighted by Crippen LogP contribution is -2.40. The van der Waals surface area contributed by atoms with Crippen LogP contribution in [0.25, 0.3) is 0 Å². The van der Waals surface area contributed by atoms with E-state index in [1.165, 1.54) is 6.42 Å². The minimum atomic E-state index is -0.851. The van der Waals surface area contributed by atoms with Gasteiger partial charge in [0.2, 0.25) is 0 Å². The molecule has 4 nitrogen and oxygen atoms in total. The molecule has 0 radical (unpaired) electrons. The van der Waals surface area contributed by atoms with Gasteiger partial charge in [-0.3, -0.25) is 9.59 Å². The highest BCUT2D eigenvalue weighted by atomic mass is 16.6. The van der Waals surface area contributed by atoms with E-state index in [1.807, 2.05) is 6.92 Å². The first-order valence-electron chi connectivity index (χ1n) is 7.47. The monoisotopic (exact) mass is 268 g/mol. The zero-order valence-corrected chi connectivity index (χ0v) is 11.7. The highest BCUT2D eigenvalue weighted by molar-refractivity contribution is 5.81. The Morgan fingerprint density at radius 1 is 1.00 bits per heavy atom. The Hall–Kier alpha value is -1.06. The largest absolute Gasteiger partial charge is 0.481 e. The topological polar surface area (TPSA) is 63.6 Å². The van der Waals surface area contributed by atoms with Crippen molar-refractivity contribution >= 4 is 11.9 Å². The predicted molar refractivity (Wildman–Crippen MR) is 70.7 cm³/mol. The summed E-state index contributed by atoms with van der Waals surface area (Å²) in [5.74, 6) is -2.12.